The Kier molecular flexibility index (Phi) is 5.34. The third-order valence-corrected chi connectivity index (χ3v) is 5.87. The number of fused-ring (bicyclic) bond motifs is 1. The summed E-state index contributed by atoms with van der Waals surface area (Å²) in [5.41, 5.74) is 0.942. The van der Waals surface area contributed by atoms with Gasteiger partial charge in [0.1, 0.15) is 11.4 Å². The molecule has 0 radical (unpaired) electrons. The molecule has 0 bridgehead atoms. The lowest BCUT2D eigenvalue weighted by atomic mass is 9.85. The molecule has 2 atom stereocenters. The first-order chi connectivity index (χ1) is 16.3. The van der Waals surface area contributed by atoms with Crippen LogP contribution in [0.3, 0.4) is 0 Å². The monoisotopic (exact) mass is 472 g/mol. The van der Waals surface area contributed by atoms with Crippen LogP contribution >= 0.6 is 0 Å². The van der Waals surface area contributed by atoms with Crippen molar-refractivity contribution < 1.29 is 22.3 Å². The minimum atomic E-state index is -4.57. The van der Waals surface area contributed by atoms with Gasteiger partial charge in [0, 0.05) is 18.7 Å². The molecule has 34 heavy (non-hydrogen) atoms. The topological polar surface area (TPSA) is 70.7 Å². The van der Waals surface area contributed by atoms with E-state index in [0.717, 1.165) is 11.8 Å². The third kappa shape index (κ3) is 3.80. The van der Waals surface area contributed by atoms with Crippen molar-refractivity contribution in [1.82, 2.24) is 29.3 Å². The number of nitrogens with zero attached hydrogens (tertiary/aromatic N) is 6. The number of hydrogen-bond acceptors (Lipinski definition) is 5. The van der Waals surface area contributed by atoms with Crippen LogP contribution in [0.15, 0.2) is 48.9 Å². The first-order valence-corrected chi connectivity index (χ1v) is 10.6. The quantitative estimate of drug-likeness (QED) is 0.389. The molecule has 1 aliphatic heterocycles. The normalized spacial score (nSPS) is 18.1. The van der Waals surface area contributed by atoms with Crippen LogP contribution in [-0.2, 0) is 12.7 Å². The molecular formula is C23H20F4N6O. The predicted octanol–water partition coefficient (Wildman–Crippen LogP) is 5.06. The lowest BCUT2D eigenvalue weighted by Crippen LogP contribution is -2.24. The van der Waals surface area contributed by atoms with Crippen LogP contribution in [0.5, 0.6) is 5.88 Å². The third-order valence-electron chi connectivity index (χ3n) is 5.87. The van der Waals surface area contributed by atoms with Crippen molar-refractivity contribution in [1.29, 1.82) is 0 Å². The van der Waals surface area contributed by atoms with Crippen molar-refractivity contribution in [3.8, 4) is 23.1 Å². The Morgan fingerprint density at radius 2 is 1.88 bits per heavy atom. The van der Waals surface area contributed by atoms with Gasteiger partial charge in [0.2, 0.25) is 5.88 Å². The number of aromatic nitrogens is 6. The lowest BCUT2D eigenvalue weighted by Gasteiger charge is -2.28. The fraction of sp³-hybridized carbons (Fsp3) is 0.304. The number of imidazole rings is 1. The van der Waals surface area contributed by atoms with E-state index in [2.05, 4.69) is 20.1 Å². The Hall–Kier alpha value is -3.76. The number of aryl methyl sites for hydroxylation is 2. The molecule has 0 amide bonds. The largest absolute Gasteiger partial charge is 0.479 e. The Balaban J connectivity index is 1.49. The van der Waals surface area contributed by atoms with Gasteiger partial charge in [0.15, 0.2) is 17.8 Å². The van der Waals surface area contributed by atoms with Crippen LogP contribution < -0.4 is 4.74 Å². The summed E-state index contributed by atoms with van der Waals surface area (Å²) in [5, 5.41) is 4.36. The number of hydrogen-bond donors (Lipinski definition) is 0. The molecule has 1 aliphatic rings. The highest BCUT2D eigenvalue weighted by Crippen LogP contribution is 2.45. The van der Waals surface area contributed by atoms with Gasteiger partial charge >= 0.3 is 6.18 Å². The second-order valence-corrected chi connectivity index (χ2v) is 8.05. The standard InChI is InChI=1S/C23H20F4N6O/c1-13-11-32(12-28-13)18-8-7-17(29-22(18)34-2)20-30-21-19(24)15(9-10-33(21)31-20)14-5-3-4-6-16(14)23(25,26)27/h3-8,11-12,15,19H,9-10H2,1-2H3/t15-,19-/m1/s1. The Morgan fingerprint density at radius 1 is 1.09 bits per heavy atom. The van der Waals surface area contributed by atoms with Gasteiger partial charge in [-0.1, -0.05) is 18.2 Å². The van der Waals surface area contributed by atoms with Crippen LogP contribution in [0.25, 0.3) is 17.2 Å². The molecule has 0 N–H and O–H groups in total. The summed E-state index contributed by atoms with van der Waals surface area (Å²) < 4.78 is 64.6. The number of pyridine rings is 1. The molecular weight excluding hydrogens is 452 g/mol. The highest BCUT2D eigenvalue weighted by molar-refractivity contribution is 5.55. The SMILES string of the molecule is COc1nc(-c2nc3n(n2)CC[C@H](c2ccccc2C(F)(F)F)[C@H]3F)ccc1-n1cnc(C)c1. The van der Waals surface area contributed by atoms with Gasteiger partial charge in [-0.3, -0.25) is 0 Å². The minimum absolute atomic E-state index is 0.0155. The molecule has 1 aromatic carbocycles. The predicted molar refractivity (Wildman–Crippen MR) is 114 cm³/mol. The number of alkyl halides is 4. The fourth-order valence-corrected chi connectivity index (χ4v) is 4.27. The van der Waals surface area contributed by atoms with Crippen molar-refractivity contribution in [2.24, 2.45) is 0 Å². The van der Waals surface area contributed by atoms with Crippen LogP contribution in [0.2, 0.25) is 0 Å². The molecule has 0 saturated carbocycles. The lowest BCUT2D eigenvalue weighted by molar-refractivity contribution is -0.138. The zero-order valence-corrected chi connectivity index (χ0v) is 18.3. The number of rotatable bonds is 4. The van der Waals surface area contributed by atoms with Crippen molar-refractivity contribution in [2.75, 3.05) is 7.11 Å². The van der Waals surface area contributed by atoms with E-state index in [-0.39, 0.29) is 30.2 Å². The van der Waals surface area contributed by atoms with Crippen molar-refractivity contribution >= 4 is 0 Å². The van der Waals surface area contributed by atoms with E-state index in [9.17, 15) is 13.2 Å². The van der Waals surface area contributed by atoms with E-state index in [1.54, 1.807) is 23.0 Å². The minimum Gasteiger partial charge on any atom is -0.479 e. The van der Waals surface area contributed by atoms with Gasteiger partial charge in [-0.05, 0) is 37.1 Å². The van der Waals surface area contributed by atoms with E-state index >= 15 is 4.39 Å². The molecule has 7 nitrogen and oxygen atoms in total. The Bertz CT molecular complexity index is 1350. The average molecular weight is 472 g/mol. The summed E-state index contributed by atoms with van der Waals surface area (Å²) in [5.74, 6) is -0.513. The summed E-state index contributed by atoms with van der Waals surface area (Å²) in [7, 11) is 1.48. The zero-order chi connectivity index (χ0) is 24.0. The maximum Gasteiger partial charge on any atom is 0.416 e. The summed E-state index contributed by atoms with van der Waals surface area (Å²) in [6, 6.07) is 8.54. The highest BCUT2D eigenvalue weighted by atomic mass is 19.4. The molecule has 0 fully saturated rings. The van der Waals surface area contributed by atoms with Crippen LogP contribution in [0.1, 0.15) is 41.2 Å². The van der Waals surface area contributed by atoms with Gasteiger partial charge in [-0.25, -0.2) is 24.0 Å². The smallest absolute Gasteiger partial charge is 0.416 e. The fourth-order valence-electron chi connectivity index (χ4n) is 4.27. The summed E-state index contributed by atoms with van der Waals surface area (Å²) in [6.07, 6.45) is -2.69. The summed E-state index contributed by atoms with van der Waals surface area (Å²) in [6.45, 7) is 2.10. The van der Waals surface area contributed by atoms with E-state index in [4.69, 9.17) is 4.74 Å². The Morgan fingerprint density at radius 3 is 2.59 bits per heavy atom. The van der Waals surface area contributed by atoms with Crippen LogP contribution in [0, 0.1) is 6.92 Å². The maximum atomic E-state index is 15.5. The molecule has 3 aromatic heterocycles. The van der Waals surface area contributed by atoms with Gasteiger partial charge in [-0.2, -0.15) is 13.2 Å². The number of methoxy groups -OCH3 is 1. The van der Waals surface area contributed by atoms with Crippen LogP contribution in [0.4, 0.5) is 17.6 Å². The van der Waals surface area contributed by atoms with E-state index < -0.39 is 23.8 Å². The van der Waals surface area contributed by atoms with Gasteiger partial charge in [-0.15, -0.1) is 5.10 Å². The van der Waals surface area contributed by atoms with Crippen molar-refractivity contribution in [2.45, 2.75) is 38.2 Å². The van der Waals surface area contributed by atoms with E-state index in [1.807, 2.05) is 13.1 Å². The molecule has 5 rings (SSSR count). The molecule has 0 spiro atoms. The molecule has 4 heterocycles. The summed E-state index contributed by atoms with van der Waals surface area (Å²) in [4.78, 5) is 13.0. The van der Waals surface area contributed by atoms with Crippen LogP contribution in [-0.4, -0.2) is 36.4 Å². The van der Waals surface area contributed by atoms with Gasteiger partial charge in [0.05, 0.1) is 24.7 Å². The van der Waals surface area contributed by atoms with Gasteiger partial charge in [0.25, 0.3) is 0 Å². The second kappa shape index (κ2) is 8.23. The average Bonchev–Trinajstić information content (AvgIpc) is 3.45. The highest BCUT2D eigenvalue weighted by Gasteiger charge is 2.40. The van der Waals surface area contributed by atoms with E-state index in [1.165, 1.54) is 30.0 Å². The molecule has 0 saturated heterocycles. The van der Waals surface area contributed by atoms with Gasteiger partial charge < -0.3 is 9.30 Å². The molecule has 11 heteroatoms. The number of ether oxygens (including phenoxy) is 1. The number of halogens is 4. The first-order valence-electron chi connectivity index (χ1n) is 10.6. The number of benzene rings is 1. The Labute approximate surface area is 192 Å². The van der Waals surface area contributed by atoms with E-state index in [0.29, 0.717) is 17.3 Å². The molecule has 176 valence electrons. The second-order valence-electron chi connectivity index (χ2n) is 8.05. The first kappa shape index (κ1) is 22.1. The summed E-state index contributed by atoms with van der Waals surface area (Å²) >= 11 is 0. The maximum absolute atomic E-state index is 15.5. The van der Waals surface area contributed by atoms with Crippen molar-refractivity contribution in [3.05, 3.63) is 71.6 Å². The molecule has 0 unspecified atom stereocenters. The molecule has 0 aliphatic carbocycles. The van der Waals surface area contributed by atoms with Crippen molar-refractivity contribution in [3.63, 3.8) is 0 Å². The zero-order valence-electron chi connectivity index (χ0n) is 18.3. The molecule has 4 aromatic rings.